The Morgan fingerprint density at radius 2 is 1.60 bits per heavy atom. The molecule has 0 saturated carbocycles. The first-order chi connectivity index (χ1) is 11.8. The first-order valence-electron chi connectivity index (χ1n) is 8.48. The van der Waals surface area contributed by atoms with E-state index < -0.39 is 0 Å². The molecule has 3 rings (SSSR count). The Morgan fingerprint density at radius 3 is 2.20 bits per heavy atom. The topological polar surface area (TPSA) is 24.7 Å². The summed E-state index contributed by atoms with van der Waals surface area (Å²) in [5.74, 6) is 0.866. The van der Waals surface area contributed by atoms with Crippen LogP contribution in [0.4, 0.5) is 5.69 Å². The number of allylic oxidation sites excluding steroid dienone is 2. The molecule has 0 radical (unpaired) electrons. The normalized spacial score (nSPS) is 14.4. The van der Waals surface area contributed by atoms with Gasteiger partial charge in [-0.15, -0.1) is 0 Å². The standard InChI is InChI=1S/C22H23IN2/c1-14(2)19-17-13-16(23)11-12-18(17)24-21(22(3,4)5)25-20(19)15-9-7-6-8-10-15/h6-13H,1-5H3. The van der Waals surface area contributed by atoms with Crippen molar-refractivity contribution in [2.24, 2.45) is 15.4 Å². The van der Waals surface area contributed by atoms with Gasteiger partial charge in [0, 0.05) is 25.7 Å². The Hall–Kier alpha value is -1.75. The number of rotatable bonds is 1. The Labute approximate surface area is 163 Å². The molecule has 1 aliphatic rings. The van der Waals surface area contributed by atoms with E-state index in [4.69, 9.17) is 9.98 Å². The van der Waals surface area contributed by atoms with Crippen molar-refractivity contribution in [3.63, 3.8) is 0 Å². The van der Waals surface area contributed by atoms with Crippen LogP contribution in [0.1, 0.15) is 45.7 Å². The highest BCUT2D eigenvalue weighted by atomic mass is 127. The third-order valence-electron chi connectivity index (χ3n) is 4.13. The summed E-state index contributed by atoms with van der Waals surface area (Å²) >= 11 is 2.36. The van der Waals surface area contributed by atoms with E-state index in [-0.39, 0.29) is 5.41 Å². The molecule has 0 fully saturated rings. The molecule has 0 atom stereocenters. The summed E-state index contributed by atoms with van der Waals surface area (Å²) in [7, 11) is 0. The van der Waals surface area contributed by atoms with Crippen LogP contribution < -0.4 is 0 Å². The smallest absolute Gasteiger partial charge is 0.135 e. The maximum Gasteiger partial charge on any atom is 0.135 e. The summed E-state index contributed by atoms with van der Waals surface area (Å²) in [6.45, 7) is 10.8. The molecule has 2 nitrogen and oxygen atoms in total. The van der Waals surface area contributed by atoms with Gasteiger partial charge in [-0.25, -0.2) is 9.98 Å². The second-order valence-corrected chi connectivity index (χ2v) is 8.79. The van der Waals surface area contributed by atoms with Gasteiger partial charge in [0.15, 0.2) is 0 Å². The predicted octanol–water partition coefficient (Wildman–Crippen LogP) is 6.66. The fraction of sp³-hybridized carbons (Fsp3) is 0.273. The molecule has 0 aromatic heterocycles. The number of benzene rings is 2. The fourth-order valence-electron chi connectivity index (χ4n) is 2.88. The van der Waals surface area contributed by atoms with Gasteiger partial charge < -0.3 is 0 Å². The van der Waals surface area contributed by atoms with Crippen molar-refractivity contribution in [3.05, 3.63) is 68.8 Å². The van der Waals surface area contributed by atoms with Gasteiger partial charge in [0.05, 0.1) is 11.4 Å². The number of hydrogen-bond donors (Lipinski definition) is 0. The monoisotopic (exact) mass is 442 g/mol. The maximum absolute atomic E-state index is 5.07. The van der Waals surface area contributed by atoms with Crippen molar-refractivity contribution in [1.29, 1.82) is 0 Å². The van der Waals surface area contributed by atoms with Crippen molar-refractivity contribution >= 4 is 45.4 Å². The molecule has 0 aliphatic carbocycles. The first-order valence-corrected chi connectivity index (χ1v) is 9.56. The average molecular weight is 442 g/mol. The van der Waals surface area contributed by atoms with Crippen LogP contribution in [0.25, 0.3) is 5.57 Å². The average Bonchev–Trinajstić information content (AvgIpc) is 2.72. The largest absolute Gasteiger partial charge is 0.232 e. The highest BCUT2D eigenvalue weighted by Gasteiger charge is 2.26. The summed E-state index contributed by atoms with van der Waals surface area (Å²) in [5, 5.41) is 0. The van der Waals surface area contributed by atoms with E-state index in [0.717, 1.165) is 28.4 Å². The number of aliphatic imine (C=N–C) groups is 2. The van der Waals surface area contributed by atoms with Gasteiger partial charge >= 0.3 is 0 Å². The van der Waals surface area contributed by atoms with E-state index in [1.165, 1.54) is 14.7 Å². The van der Waals surface area contributed by atoms with Crippen LogP contribution >= 0.6 is 22.6 Å². The zero-order chi connectivity index (χ0) is 18.2. The quantitative estimate of drug-likeness (QED) is 0.441. The van der Waals surface area contributed by atoms with Crippen LogP contribution in [0.5, 0.6) is 0 Å². The molecule has 0 spiro atoms. The van der Waals surface area contributed by atoms with E-state index in [2.05, 4.69) is 99.7 Å². The minimum Gasteiger partial charge on any atom is -0.232 e. The lowest BCUT2D eigenvalue weighted by atomic mass is 9.91. The Morgan fingerprint density at radius 1 is 0.920 bits per heavy atom. The lowest BCUT2D eigenvalue weighted by Crippen LogP contribution is -2.20. The van der Waals surface area contributed by atoms with Crippen LogP contribution in [0.3, 0.4) is 0 Å². The van der Waals surface area contributed by atoms with Crippen molar-refractivity contribution in [2.75, 3.05) is 0 Å². The Kier molecular flexibility index (Phi) is 4.96. The van der Waals surface area contributed by atoms with Crippen molar-refractivity contribution in [1.82, 2.24) is 0 Å². The molecule has 3 heteroatoms. The van der Waals surface area contributed by atoms with Crippen molar-refractivity contribution in [3.8, 4) is 0 Å². The summed E-state index contributed by atoms with van der Waals surface area (Å²) in [6, 6.07) is 16.9. The number of hydrogen-bond acceptors (Lipinski definition) is 2. The molecule has 0 unspecified atom stereocenters. The van der Waals surface area contributed by atoms with Crippen molar-refractivity contribution in [2.45, 2.75) is 34.6 Å². The Bertz CT molecular complexity index is 893. The molecule has 0 bridgehead atoms. The third kappa shape index (κ3) is 3.76. The molecule has 0 N–H and O–H groups in total. The number of nitrogens with zero attached hydrogens (tertiary/aromatic N) is 2. The number of fused-ring (bicyclic) bond motifs is 1. The van der Waals surface area contributed by atoms with E-state index in [1.54, 1.807) is 0 Å². The van der Waals surface area contributed by atoms with E-state index in [1.807, 2.05) is 6.07 Å². The van der Waals surface area contributed by atoms with E-state index in [0.29, 0.717) is 0 Å². The molecule has 0 saturated heterocycles. The second kappa shape index (κ2) is 6.87. The third-order valence-corrected chi connectivity index (χ3v) is 4.80. The van der Waals surface area contributed by atoms with Gasteiger partial charge in [0.25, 0.3) is 0 Å². The molecule has 2 aromatic carbocycles. The number of halogens is 1. The Balaban J connectivity index is 2.38. The van der Waals surface area contributed by atoms with Crippen LogP contribution in [-0.2, 0) is 0 Å². The summed E-state index contributed by atoms with van der Waals surface area (Å²) < 4.78 is 1.21. The van der Waals surface area contributed by atoms with Crippen molar-refractivity contribution < 1.29 is 0 Å². The number of amidine groups is 1. The summed E-state index contributed by atoms with van der Waals surface area (Å²) in [6.07, 6.45) is 0. The first kappa shape index (κ1) is 18.1. The van der Waals surface area contributed by atoms with Crippen LogP contribution in [0.2, 0.25) is 0 Å². The molecular formula is C22H23IN2. The van der Waals surface area contributed by atoms with Gasteiger partial charge in [-0.3, -0.25) is 0 Å². The van der Waals surface area contributed by atoms with Gasteiger partial charge in [-0.1, -0.05) is 56.7 Å². The lowest BCUT2D eigenvalue weighted by Gasteiger charge is -2.18. The maximum atomic E-state index is 5.07. The molecule has 0 amide bonds. The summed E-state index contributed by atoms with van der Waals surface area (Å²) in [4.78, 5) is 10.0. The minimum atomic E-state index is -0.128. The second-order valence-electron chi connectivity index (χ2n) is 7.55. The molecule has 2 aromatic rings. The zero-order valence-corrected chi connectivity index (χ0v) is 17.5. The fourth-order valence-corrected chi connectivity index (χ4v) is 3.37. The van der Waals surface area contributed by atoms with Gasteiger partial charge in [-0.05, 0) is 54.6 Å². The van der Waals surface area contributed by atoms with E-state index in [9.17, 15) is 0 Å². The minimum absolute atomic E-state index is 0.128. The molecule has 128 valence electrons. The molecule has 1 heterocycles. The molecule has 25 heavy (non-hydrogen) atoms. The highest BCUT2D eigenvalue weighted by molar-refractivity contribution is 14.1. The highest BCUT2D eigenvalue weighted by Crippen LogP contribution is 2.37. The van der Waals surface area contributed by atoms with Gasteiger partial charge in [-0.2, -0.15) is 0 Å². The molecular weight excluding hydrogens is 419 g/mol. The SMILES string of the molecule is CC(C)=C1C(c2ccccc2)=NC(C(C)(C)C)=Nc2ccc(I)cc21. The van der Waals surface area contributed by atoms with Crippen LogP contribution in [0.15, 0.2) is 64.1 Å². The lowest BCUT2D eigenvalue weighted by molar-refractivity contribution is 0.586. The van der Waals surface area contributed by atoms with Gasteiger partial charge in [0.2, 0.25) is 0 Å². The predicted molar refractivity (Wildman–Crippen MR) is 117 cm³/mol. The van der Waals surface area contributed by atoms with Crippen LogP contribution in [0, 0.1) is 8.99 Å². The zero-order valence-electron chi connectivity index (χ0n) is 15.4. The summed E-state index contributed by atoms with van der Waals surface area (Å²) in [5.41, 5.74) is 6.60. The van der Waals surface area contributed by atoms with E-state index >= 15 is 0 Å². The van der Waals surface area contributed by atoms with Gasteiger partial charge in [0.1, 0.15) is 5.84 Å². The van der Waals surface area contributed by atoms with Crippen LogP contribution in [-0.4, -0.2) is 11.5 Å². The molecule has 1 aliphatic heterocycles.